The van der Waals surface area contributed by atoms with Crippen LogP contribution in [0.5, 0.6) is 5.75 Å². The predicted molar refractivity (Wildman–Crippen MR) is 109 cm³/mol. The topological polar surface area (TPSA) is 99.5 Å². The van der Waals surface area contributed by atoms with E-state index in [1.165, 1.54) is 23.5 Å². The van der Waals surface area contributed by atoms with Crippen molar-refractivity contribution in [3.8, 4) is 11.8 Å². The van der Waals surface area contributed by atoms with Gasteiger partial charge in [0.1, 0.15) is 10.6 Å². The van der Waals surface area contributed by atoms with Gasteiger partial charge in [0.15, 0.2) is 0 Å². The Kier molecular flexibility index (Phi) is 6.42. The lowest BCUT2D eigenvalue weighted by molar-refractivity contribution is -0.120. The van der Waals surface area contributed by atoms with E-state index in [9.17, 15) is 13.2 Å². The van der Waals surface area contributed by atoms with Gasteiger partial charge in [-0.25, -0.2) is 8.42 Å². The molecule has 0 unspecified atom stereocenters. The number of methoxy groups -OCH3 is 1. The van der Waals surface area contributed by atoms with Gasteiger partial charge in [-0.05, 0) is 49.2 Å². The fourth-order valence-corrected chi connectivity index (χ4v) is 5.22. The van der Waals surface area contributed by atoms with Crippen LogP contribution >= 0.6 is 11.6 Å². The van der Waals surface area contributed by atoms with E-state index >= 15 is 0 Å². The lowest BCUT2D eigenvalue weighted by atomic mass is 9.98. The molecule has 1 fully saturated rings. The van der Waals surface area contributed by atoms with Gasteiger partial charge in [0.2, 0.25) is 15.9 Å². The number of sulfonamides is 1. The highest BCUT2D eigenvalue weighted by atomic mass is 35.5. The molecule has 2 aromatic rings. The summed E-state index contributed by atoms with van der Waals surface area (Å²) in [5.41, 5.74) is 0.939. The summed E-state index contributed by atoms with van der Waals surface area (Å²) < 4.78 is 32.8. The Morgan fingerprint density at radius 1 is 1.31 bits per heavy atom. The summed E-state index contributed by atoms with van der Waals surface area (Å²) in [6.45, 7) is 0.369. The van der Waals surface area contributed by atoms with Crippen molar-refractivity contribution in [1.29, 1.82) is 5.26 Å². The monoisotopic (exact) mass is 433 g/mol. The van der Waals surface area contributed by atoms with Crippen molar-refractivity contribution < 1.29 is 17.9 Å². The molecule has 0 radical (unpaired) electrons. The highest BCUT2D eigenvalue weighted by Crippen LogP contribution is 2.32. The molecule has 0 saturated carbocycles. The van der Waals surface area contributed by atoms with Gasteiger partial charge < -0.3 is 10.1 Å². The number of nitriles is 1. The van der Waals surface area contributed by atoms with Crippen LogP contribution in [-0.2, 0) is 14.8 Å². The highest BCUT2D eigenvalue weighted by molar-refractivity contribution is 7.89. The molecule has 1 heterocycles. The zero-order chi connectivity index (χ0) is 21.0. The van der Waals surface area contributed by atoms with Gasteiger partial charge in [-0.2, -0.15) is 9.57 Å². The number of rotatable bonds is 5. The van der Waals surface area contributed by atoms with Crippen LogP contribution in [0, 0.1) is 17.2 Å². The quantitative estimate of drug-likeness (QED) is 0.780. The number of hydrogen-bond donors (Lipinski definition) is 1. The first-order valence-corrected chi connectivity index (χ1v) is 10.8. The van der Waals surface area contributed by atoms with Crippen LogP contribution in [0.4, 0.5) is 5.69 Å². The van der Waals surface area contributed by atoms with Gasteiger partial charge in [-0.15, -0.1) is 0 Å². The highest BCUT2D eigenvalue weighted by Gasteiger charge is 2.35. The minimum Gasteiger partial charge on any atom is -0.495 e. The summed E-state index contributed by atoms with van der Waals surface area (Å²) in [5, 5.41) is 12.0. The maximum atomic E-state index is 13.1. The minimum absolute atomic E-state index is 0.0183. The molecular formula is C20H20ClN3O4S. The molecule has 1 amide bonds. The second kappa shape index (κ2) is 8.82. The number of benzene rings is 2. The van der Waals surface area contributed by atoms with E-state index in [0.29, 0.717) is 30.6 Å². The lowest BCUT2D eigenvalue weighted by Crippen LogP contribution is -2.43. The van der Waals surface area contributed by atoms with Gasteiger partial charge in [-0.1, -0.05) is 17.7 Å². The van der Waals surface area contributed by atoms with Crippen LogP contribution in [0.25, 0.3) is 0 Å². The molecule has 0 aromatic heterocycles. The number of hydrogen-bond acceptors (Lipinski definition) is 5. The number of carbonyl (C=O) groups excluding carboxylic acids is 1. The van der Waals surface area contributed by atoms with Crippen molar-refractivity contribution in [3.05, 3.63) is 53.1 Å². The van der Waals surface area contributed by atoms with Crippen molar-refractivity contribution in [2.75, 3.05) is 25.5 Å². The maximum Gasteiger partial charge on any atom is 0.246 e. The molecule has 7 nitrogen and oxygen atoms in total. The average molecular weight is 434 g/mol. The first-order valence-electron chi connectivity index (χ1n) is 9.00. The van der Waals surface area contributed by atoms with E-state index in [-0.39, 0.29) is 28.1 Å². The Balaban J connectivity index is 1.78. The molecule has 152 valence electrons. The Morgan fingerprint density at radius 2 is 2.10 bits per heavy atom. The summed E-state index contributed by atoms with van der Waals surface area (Å²) >= 11 is 5.99. The molecule has 2 aromatic carbocycles. The second-order valence-electron chi connectivity index (χ2n) is 6.68. The van der Waals surface area contributed by atoms with Crippen LogP contribution in [0.1, 0.15) is 18.4 Å². The molecule has 0 spiro atoms. The molecular weight excluding hydrogens is 414 g/mol. The second-order valence-corrected chi connectivity index (χ2v) is 9.02. The third-order valence-electron chi connectivity index (χ3n) is 4.76. The zero-order valence-electron chi connectivity index (χ0n) is 15.8. The van der Waals surface area contributed by atoms with Crippen LogP contribution in [0.2, 0.25) is 5.02 Å². The SMILES string of the molecule is COc1ccc(Cl)cc1S(=O)(=O)N1CCC[C@H](C(=O)Nc2cccc(C#N)c2)C1. The smallest absolute Gasteiger partial charge is 0.246 e. The summed E-state index contributed by atoms with van der Waals surface area (Å²) in [6, 6.07) is 13.0. The molecule has 1 aliphatic heterocycles. The van der Waals surface area contributed by atoms with E-state index in [1.807, 2.05) is 6.07 Å². The largest absolute Gasteiger partial charge is 0.495 e. The number of carbonyl (C=O) groups is 1. The number of anilines is 1. The number of ether oxygens (including phenoxy) is 1. The fraction of sp³-hybridized carbons (Fsp3) is 0.300. The van der Waals surface area contributed by atoms with Gasteiger partial charge in [0.05, 0.1) is 24.7 Å². The van der Waals surface area contributed by atoms with Gasteiger partial charge in [0, 0.05) is 23.8 Å². The first kappa shape index (κ1) is 21.1. The Bertz CT molecular complexity index is 1070. The van der Waals surface area contributed by atoms with Crippen LogP contribution < -0.4 is 10.1 Å². The van der Waals surface area contributed by atoms with E-state index in [0.717, 1.165) is 0 Å². The van der Waals surface area contributed by atoms with Crippen molar-refractivity contribution in [2.24, 2.45) is 5.92 Å². The summed E-state index contributed by atoms with van der Waals surface area (Å²) in [7, 11) is -2.48. The van der Waals surface area contributed by atoms with Crippen molar-refractivity contribution in [2.45, 2.75) is 17.7 Å². The Morgan fingerprint density at radius 3 is 2.83 bits per heavy atom. The number of nitrogens with zero attached hydrogens (tertiary/aromatic N) is 2. The predicted octanol–water partition coefficient (Wildman–Crippen LogP) is 3.26. The number of amides is 1. The normalized spacial score (nSPS) is 17.3. The number of nitrogens with one attached hydrogen (secondary N) is 1. The third-order valence-corrected chi connectivity index (χ3v) is 6.88. The zero-order valence-corrected chi connectivity index (χ0v) is 17.3. The van der Waals surface area contributed by atoms with Crippen molar-refractivity contribution >= 4 is 33.2 Å². The van der Waals surface area contributed by atoms with Crippen LogP contribution in [0.15, 0.2) is 47.4 Å². The van der Waals surface area contributed by atoms with Crippen molar-refractivity contribution in [1.82, 2.24) is 4.31 Å². The van der Waals surface area contributed by atoms with Gasteiger partial charge >= 0.3 is 0 Å². The minimum atomic E-state index is -3.88. The van der Waals surface area contributed by atoms with E-state index in [1.54, 1.807) is 30.3 Å². The number of halogens is 1. The summed E-state index contributed by atoms with van der Waals surface area (Å²) in [4.78, 5) is 12.7. The first-order chi connectivity index (χ1) is 13.8. The third kappa shape index (κ3) is 4.70. The fourth-order valence-electron chi connectivity index (χ4n) is 3.28. The van der Waals surface area contributed by atoms with Gasteiger partial charge in [0.25, 0.3) is 0 Å². The molecule has 0 bridgehead atoms. The number of piperidine rings is 1. The molecule has 29 heavy (non-hydrogen) atoms. The van der Waals surface area contributed by atoms with E-state index < -0.39 is 15.9 Å². The molecule has 1 aliphatic rings. The molecule has 1 N–H and O–H groups in total. The van der Waals surface area contributed by atoms with Crippen LogP contribution in [-0.4, -0.2) is 38.8 Å². The summed E-state index contributed by atoms with van der Waals surface area (Å²) in [6.07, 6.45) is 1.13. The lowest BCUT2D eigenvalue weighted by Gasteiger charge is -2.31. The molecule has 1 saturated heterocycles. The molecule has 9 heteroatoms. The van der Waals surface area contributed by atoms with Crippen molar-refractivity contribution in [3.63, 3.8) is 0 Å². The maximum absolute atomic E-state index is 13.1. The average Bonchev–Trinajstić information content (AvgIpc) is 2.74. The van der Waals surface area contributed by atoms with E-state index in [2.05, 4.69) is 5.32 Å². The van der Waals surface area contributed by atoms with Gasteiger partial charge in [-0.3, -0.25) is 4.79 Å². The Labute approximate surface area is 174 Å². The standard InChI is InChI=1S/C20H20ClN3O4S/c1-28-18-8-7-16(21)11-19(18)29(26,27)24-9-3-5-15(13-24)20(25)23-17-6-2-4-14(10-17)12-22/h2,4,6-8,10-11,15H,3,5,9,13H2,1H3,(H,23,25)/t15-/m0/s1. The van der Waals surface area contributed by atoms with E-state index in [4.69, 9.17) is 21.6 Å². The summed E-state index contributed by atoms with van der Waals surface area (Å²) in [5.74, 6) is -0.582. The molecule has 0 aliphatic carbocycles. The Hall–Kier alpha value is -2.60. The molecule has 1 atom stereocenters. The van der Waals surface area contributed by atoms with Crippen LogP contribution in [0.3, 0.4) is 0 Å². The molecule has 3 rings (SSSR count).